The van der Waals surface area contributed by atoms with E-state index in [0.717, 1.165) is 29.2 Å². The lowest BCUT2D eigenvalue weighted by atomic mass is 9.96. The maximum atomic E-state index is 12.1. The molecule has 0 saturated heterocycles. The molecule has 0 radical (unpaired) electrons. The molecule has 0 fully saturated rings. The minimum absolute atomic E-state index is 0.106. The number of carbonyl (C=O) groups is 1. The fourth-order valence-corrected chi connectivity index (χ4v) is 2.82. The van der Waals surface area contributed by atoms with E-state index < -0.39 is 0 Å². The number of nitrogens with zero attached hydrogens (tertiary/aromatic N) is 2. The number of hydrogen-bond donors (Lipinski definition) is 2. The third-order valence-electron chi connectivity index (χ3n) is 4.07. The molecule has 128 valence electrons. The first-order valence-corrected chi connectivity index (χ1v) is 7.91. The summed E-state index contributed by atoms with van der Waals surface area (Å²) in [7, 11) is 1.64. The monoisotopic (exact) mass is 330 g/mol. The molecule has 2 heterocycles. The highest BCUT2D eigenvalue weighted by Crippen LogP contribution is 2.30. The van der Waals surface area contributed by atoms with Crippen molar-refractivity contribution >= 4 is 11.7 Å². The molecule has 1 aliphatic rings. The summed E-state index contributed by atoms with van der Waals surface area (Å²) in [5.41, 5.74) is 7.73. The van der Waals surface area contributed by atoms with Gasteiger partial charge in [0.2, 0.25) is 5.91 Å². The summed E-state index contributed by atoms with van der Waals surface area (Å²) in [6.45, 7) is 3.10. The number of anilines is 1. The Hall–Kier alpha value is -2.70. The molecular weight excluding hydrogens is 308 g/mol. The number of methoxy groups -OCH3 is 1. The number of hydrogen-bond acceptors (Lipinski definition) is 5. The van der Waals surface area contributed by atoms with Gasteiger partial charge in [0.15, 0.2) is 0 Å². The topological polar surface area (TPSA) is 91.4 Å². The van der Waals surface area contributed by atoms with Gasteiger partial charge in [-0.2, -0.15) is 5.10 Å². The first kappa shape index (κ1) is 16.2. The molecule has 1 atom stereocenters. The van der Waals surface area contributed by atoms with Gasteiger partial charge >= 0.3 is 0 Å². The summed E-state index contributed by atoms with van der Waals surface area (Å²) in [5.74, 6) is 2.27. The molecule has 1 amide bonds. The molecule has 1 aliphatic heterocycles. The van der Waals surface area contributed by atoms with Crippen molar-refractivity contribution in [1.82, 2.24) is 15.1 Å². The highest BCUT2D eigenvalue weighted by Gasteiger charge is 2.21. The highest BCUT2D eigenvalue weighted by molar-refractivity contribution is 5.76. The van der Waals surface area contributed by atoms with Gasteiger partial charge in [0.1, 0.15) is 23.9 Å². The van der Waals surface area contributed by atoms with Gasteiger partial charge in [0.25, 0.3) is 0 Å². The van der Waals surface area contributed by atoms with Crippen molar-refractivity contribution < 1.29 is 14.3 Å². The molecule has 0 unspecified atom stereocenters. The van der Waals surface area contributed by atoms with E-state index in [1.807, 2.05) is 25.1 Å². The van der Waals surface area contributed by atoms with Crippen LogP contribution in [0.25, 0.3) is 0 Å². The van der Waals surface area contributed by atoms with Gasteiger partial charge in [-0.3, -0.25) is 4.79 Å². The standard InChI is InChI=1S/C17H22N4O3/c1-11-5-16(18)21(20-11)9-17(22)19-8-12-6-13-3-4-14(23-2)7-15(13)24-10-12/h3-5,7,12H,6,8-10,18H2,1-2H3,(H,19,22)/t12-/m0/s1. The van der Waals surface area contributed by atoms with E-state index in [0.29, 0.717) is 19.0 Å². The van der Waals surface area contributed by atoms with Gasteiger partial charge in [-0.05, 0) is 25.0 Å². The predicted molar refractivity (Wildman–Crippen MR) is 90.1 cm³/mol. The molecule has 3 rings (SSSR count). The van der Waals surface area contributed by atoms with Crippen molar-refractivity contribution in [3.63, 3.8) is 0 Å². The van der Waals surface area contributed by atoms with Crippen LogP contribution in [0.1, 0.15) is 11.3 Å². The molecule has 1 aromatic heterocycles. The number of nitrogens with one attached hydrogen (secondary N) is 1. The number of aromatic nitrogens is 2. The lowest BCUT2D eigenvalue weighted by Crippen LogP contribution is -2.36. The average Bonchev–Trinajstić information content (AvgIpc) is 2.89. The van der Waals surface area contributed by atoms with Gasteiger partial charge in [0, 0.05) is 24.6 Å². The van der Waals surface area contributed by atoms with Crippen molar-refractivity contribution in [1.29, 1.82) is 0 Å². The number of benzene rings is 1. The molecule has 3 N–H and O–H groups in total. The summed E-state index contributed by atoms with van der Waals surface area (Å²) in [5, 5.41) is 7.12. The smallest absolute Gasteiger partial charge is 0.241 e. The molecule has 0 bridgehead atoms. The SMILES string of the molecule is COc1ccc2c(c1)OC[C@H](CNC(=O)Cn1nc(C)cc1N)C2. The molecule has 7 heteroatoms. The van der Waals surface area contributed by atoms with Crippen LogP contribution in [0, 0.1) is 12.8 Å². The van der Waals surface area contributed by atoms with Gasteiger partial charge in [-0.1, -0.05) is 6.07 Å². The number of nitrogens with two attached hydrogens (primary N) is 1. The van der Waals surface area contributed by atoms with E-state index in [1.54, 1.807) is 13.2 Å². The normalized spacial score (nSPS) is 16.2. The molecule has 7 nitrogen and oxygen atoms in total. The van der Waals surface area contributed by atoms with Crippen LogP contribution < -0.4 is 20.5 Å². The van der Waals surface area contributed by atoms with Gasteiger partial charge < -0.3 is 20.5 Å². The van der Waals surface area contributed by atoms with E-state index in [-0.39, 0.29) is 18.4 Å². The summed E-state index contributed by atoms with van der Waals surface area (Å²) < 4.78 is 12.5. The molecule has 0 aliphatic carbocycles. The third-order valence-corrected chi connectivity index (χ3v) is 4.07. The lowest BCUT2D eigenvalue weighted by Gasteiger charge is -2.25. The average molecular weight is 330 g/mol. The van der Waals surface area contributed by atoms with Crippen LogP contribution in [0.3, 0.4) is 0 Å². The van der Waals surface area contributed by atoms with Crippen molar-refractivity contribution in [3.8, 4) is 11.5 Å². The first-order chi connectivity index (χ1) is 11.5. The molecule has 24 heavy (non-hydrogen) atoms. The summed E-state index contributed by atoms with van der Waals surface area (Å²) in [4.78, 5) is 12.1. The van der Waals surface area contributed by atoms with Crippen molar-refractivity contribution in [3.05, 3.63) is 35.5 Å². The van der Waals surface area contributed by atoms with Crippen LogP contribution in [-0.2, 0) is 17.8 Å². The van der Waals surface area contributed by atoms with E-state index in [1.165, 1.54) is 4.68 Å². The number of carbonyl (C=O) groups excluding carboxylic acids is 1. The Morgan fingerprint density at radius 1 is 1.50 bits per heavy atom. The van der Waals surface area contributed by atoms with Gasteiger partial charge in [0.05, 0.1) is 19.4 Å². The summed E-state index contributed by atoms with van der Waals surface area (Å²) >= 11 is 0. The fraction of sp³-hybridized carbons (Fsp3) is 0.412. The van der Waals surface area contributed by atoms with Crippen LogP contribution in [0.5, 0.6) is 11.5 Å². The number of fused-ring (bicyclic) bond motifs is 1. The van der Waals surface area contributed by atoms with E-state index in [2.05, 4.69) is 10.4 Å². The zero-order valence-electron chi connectivity index (χ0n) is 13.9. The maximum absolute atomic E-state index is 12.1. The third kappa shape index (κ3) is 3.61. The van der Waals surface area contributed by atoms with Crippen LogP contribution >= 0.6 is 0 Å². The predicted octanol–water partition coefficient (Wildman–Crippen LogP) is 1.15. The first-order valence-electron chi connectivity index (χ1n) is 7.91. The van der Waals surface area contributed by atoms with Crippen LogP contribution in [0.4, 0.5) is 5.82 Å². The molecule has 0 spiro atoms. The van der Waals surface area contributed by atoms with Gasteiger partial charge in [-0.15, -0.1) is 0 Å². The quantitative estimate of drug-likeness (QED) is 0.858. The second-order valence-electron chi connectivity index (χ2n) is 6.03. The fourth-order valence-electron chi connectivity index (χ4n) is 2.82. The summed E-state index contributed by atoms with van der Waals surface area (Å²) in [6, 6.07) is 7.57. The van der Waals surface area contributed by atoms with E-state index in [9.17, 15) is 4.79 Å². The lowest BCUT2D eigenvalue weighted by molar-refractivity contribution is -0.122. The van der Waals surface area contributed by atoms with Crippen LogP contribution in [-0.4, -0.2) is 35.9 Å². The zero-order chi connectivity index (χ0) is 17.1. The van der Waals surface area contributed by atoms with E-state index >= 15 is 0 Å². The number of aryl methyl sites for hydroxylation is 1. The highest BCUT2D eigenvalue weighted by atomic mass is 16.5. The minimum Gasteiger partial charge on any atom is -0.497 e. The summed E-state index contributed by atoms with van der Waals surface area (Å²) in [6.07, 6.45) is 0.864. The van der Waals surface area contributed by atoms with Crippen LogP contribution in [0.15, 0.2) is 24.3 Å². The largest absolute Gasteiger partial charge is 0.497 e. The van der Waals surface area contributed by atoms with E-state index in [4.69, 9.17) is 15.2 Å². The Morgan fingerprint density at radius 2 is 2.33 bits per heavy atom. The Kier molecular flexibility index (Phi) is 4.59. The Balaban J connectivity index is 1.52. The van der Waals surface area contributed by atoms with Gasteiger partial charge in [-0.25, -0.2) is 4.68 Å². The number of nitrogen functional groups attached to an aromatic ring is 1. The maximum Gasteiger partial charge on any atom is 0.241 e. The molecular formula is C17H22N4O3. The molecule has 1 aromatic carbocycles. The second kappa shape index (κ2) is 6.82. The molecule has 0 saturated carbocycles. The number of amides is 1. The molecule has 2 aromatic rings. The second-order valence-corrected chi connectivity index (χ2v) is 6.03. The zero-order valence-corrected chi connectivity index (χ0v) is 13.9. The Labute approximate surface area is 140 Å². The van der Waals surface area contributed by atoms with Crippen molar-refractivity contribution in [2.24, 2.45) is 5.92 Å². The van der Waals surface area contributed by atoms with Crippen molar-refractivity contribution in [2.75, 3.05) is 26.0 Å². The van der Waals surface area contributed by atoms with Crippen molar-refractivity contribution in [2.45, 2.75) is 19.9 Å². The Morgan fingerprint density at radius 3 is 3.04 bits per heavy atom. The Bertz CT molecular complexity index is 741. The minimum atomic E-state index is -0.106. The van der Waals surface area contributed by atoms with Crippen LogP contribution in [0.2, 0.25) is 0 Å². The number of rotatable bonds is 5. The number of ether oxygens (including phenoxy) is 2.